The second-order valence-corrected chi connectivity index (χ2v) is 5.16. The van der Waals surface area contributed by atoms with Gasteiger partial charge in [0.05, 0.1) is 6.54 Å². The van der Waals surface area contributed by atoms with Crippen LogP contribution >= 0.6 is 0 Å². The number of nitrogens with one attached hydrogen (secondary N) is 1. The summed E-state index contributed by atoms with van der Waals surface area (Å²) in [7, 11) is 1.86. The predicted molar refractivity (Wildman–Crippen MR) is 78.7 cm³/mol. The molecular formula is C15H18N4O3. The molecule has 0 unspecified atom stereocenters. The first kappa shape index (κ1) is 14.4. The molecule has 7 heteroatoms. The van der Waals surface area contributed by atoms with Gasteiger partial charge in [-0.1, -0.05) is 12.1 Å². The van der Waals surface area contributed by atoms with Crippen LogP contribution in [0.4, 0.5) is 0 Å². The van der Waals surface area contributed by atoms with E-state index in [1.807, 2.05) is 35.9 Å². The molecule has 1 aromatic heterocycles. The smallest absolute Gasteiger partial charge is 0.220 e. The molecule has 0 spiro atoms. The quantitative estimate of drug-likeness (QED) is 0.880. The van der Waals surface area contributed by atoms with Gasteiger partial charge in [-0.3, -0.25) is 4.79 Å². The Morgan fingerprint density at radius 1 is 1.41 bits per heavy atom. The summed E-state index contributed by atoms with van der Waals surface area (Å²) in [5, 5.41) is 10.6. The Balaban J connectivity index is 1.43. The summed E-state index contributed by atoms with van der Waals surface area (Å²) in [4.78, 5) is 11.9. The fourth-order valence-electron chi connectivity index (χ4n) is 2.24. The van der Waals surface area contributed by atoms with Crippen molar-refractivity contribution in [1.82, 2.24) is 20.1 Å². The van der Waals surface area contributed by atoms with Gasteiger partial charge in [-0.05, 0) is 12.1 Å². The molecule has 0 aliphatic carbocycles. The van der Waals surface area contributed by atoms with Gasteiger partial charge in [-0.2, -0.15) is 0 Å². The fourth-order valence-corrected chi connectivity index (χ4v) is 2.24. The predicted octanol–water partition coefficient (Wildman–Crippen LogP) is 0.704. The van der Waals surface area contributed by atoms with Crippen molar-refractivity contribution in [1.29, 1.82) is 0 Å². The van der Waals surface area contributed by atoms with Crippen LogP contribution in [0.25, 0.3) is 0 Å². The van der Waals surface area contributed by atoms with E-state index in [1.54, 1.807) is 6.33 Å². The van der Waals surface area contributed by atoms with E-state index in [9.17, 15) is 4.79 Å². The summed E-state index contributed by atoms with van der Waals surface area (Å²) in [6, 6.07) is 7.52. The van der Waals surface area contributed by atoms with Crippen molar-refractivity contribution < 1.29 is 14.3 Å². The van der Waals surface area contributed by atoms with Gasteiger partial charge in [0.2, 0.25) is 5.91 Å². The van der Waals surface area contributed by atoms with E-state index in [4.69, 9.17) is 9.47 Å². The molecule has 7 nitrogen and oxygen atoms in total. The third kappa shape index (κ3) is 3.36. The zero-order chi connectivity index (χ0) is 15.4. The summed E-state index contributed by atoms with van der Waals surface area (Å²) in [6.45, 7) is 0.854. The topological polar surface area (TPSA) is 78.3 Å². The number of ether oxygens (including phenoxy) is 2. The number of carbonyl (C=O) groups excluding carboxylic acids is 1. The SMILES string of the molecule is Cn1cnnc1CCC(=O)NC[C@@H]1COc2ccccc2O1. The largest absolute Gasteiger partial charge is 0.486 e. The summed E-state index contributed by atoms with van der Waals surface area (Å²) < 4.78 is 13.2. The zero-order valence-corrected chi connectivity index (χ0v) is 12.4. The standard InChI is InChI=1S/C15H18N4O3/c1-19-10-17-18-14(19)6-7-15(20)16-8-11-9-21-12-4-2-3-5-13(12)22-11/h2-5,10-11H,6-9H2,1H3,(H,16,20)/t11-/m1/s1. The highest BCUT2D eigenvalue weighted by Gasteiger charge is 2.20. The summed E-state index contributed by atoms with van der Waals surface area (Å²) >= 11 is 0. The van der Waals surface area contributed by atoms with Crippen molar-refractivity contribution in [3.63, 3.8) is 0 Å². The van der Waals surface area contributed by atoms with Crippen molar-refractivity contribution >= 4 is 5.91 Å². The molecule has 2 aromatic rings. The van der Waals surface area contributed by atoms with E-state index in [0.29, 0.717) is 31.7 Å². The lowest BCUT2D eigenvalue weighted by molar-refractivity contribution is -0.121. The second-order valence-electron chi connectivity index (χ2n) is 5.16. The minimum Gasteiger partial charge on any atom is -0.486 e. The molecule has 0 fully saturated rings. The van der Waals surface area contributed by atoms with Crippen LogP contribution in [-0.4, -0.2) is 39.9 Å². The molecule has 0 saturated heterocycles. The molecule has 1 amide bonds. The van der Waals surface area contributed by atoms with Crippen molar-refractivity contribution in [2.75, 3.05) is 13.2 Å². The highest BCUT2D eigenvalue weighted by molar-refractivity contribution is 5.76. The molecule has 0 radical (unpaired) electrons. The molecule has 1 aromatic carbocycles. The molecule has 2 heterocycles. The fraction of sp³-hybridized carbons (Fsp3) is 0.400. The number of hydrogen-bond donors (Lipinski definition) is 1. The van der Waals surface area contributed by atoms with Crippen molar-refractivity contribution in [3.8, 4) is 11.5 Å². The number of amides is 1. The number of rotatable bonds is 5. The van der Waals surface area contributed by atoms with Crippen LogP contribution in [0.3, 0.4) is 0 Å². The maximum atomic E-state index is 11.9. The van der Waals surface area contributed by atoms with Crippen LogP contribution in [0.2, 0.25) is 0 Å². The van der Waals surface area contributed by atoms with Crippen molar-refractivity contribution in [2.24, 2.45) is 7.05 Å². The molecule has 116 valence electrons. The lowest BCUT2D eigenvalue weighted by Gasteiger charge is -2.26. The Bertz CT molecular complexity index is 656. The minimum absolute atomic E-state index is 0.0366. The van der Waals surface area contributed by atoms with Gasteiger partial charge in [-0.15, -0.1) is 10.2 Å². The average Bonchev–Trinajstić information content (AvgIpc) is 2.96. The molecular weight excluding hydrogens is 284 g/mol. The summed E-state index contributed by atoms with van der Waals surface area (Å²) in [6.07, 6.45) is 2.38. The maximum absolute atomic E-state index is 11.9. The van der Waals surface area contributed by atoms with E-state index < -0.39 is 0 Å². The molecule has 1 N–H and O–H groups in total. The molecule has 1 aliphatic heterocycles. The molecule has 0 bridgehead atoms. The number of hydrogen-bond acceptors (Lipinski definition) is 5. The second kappa shape index (κ2) is 6.46. The summed E-state index contributed by atoms with van der Waals surface area (Å²) in [5.41, 5.74) is 0. The first-order chi connectivity index (χ1) is 10.7. The normalized spacial score (nSPS) is 16.3. The van der Waals surface area contributed by atoms with Crippen LogP contribution in [0.15, 0.2) is 30.6 Å². The van der Waals surface area contributed by atoms with Crippen LogP contribution < -0.4 is 14.8 Å². The number of fused-ring (bicyclic) bond motifs is 1. The number of benzene rings is 1. The number of para-hydroxylation sites is 2. The van der Waals surface area contributed by atoms with Crippen LogP contribution in [0, 0.1) is 0 Å². The van der Waals surface area contributed by atoms with Gasteiger partial charge < -0.3 is 19.4 Å². The van der Waals surface area contributed by atoms with Gasteiger partial charge in [0.15, 0.2) is 11.5 Å². The Hall–Kier alpha value is -2.57. The molecule has 1 atom stereocenters. The monoisotopic (exact) mass is 302 g/mol. The van der Waals surface area contributed by atoms with Crippen LogP contribution in [-0.2, 0) is 18.3 Å². The van der Waals surface area contributed by atoms with E-state index in [2.05, 4.69) is 15.5 Å². The molecule has 22 heavy (non-hydrogen) atoms. The van der Waals surface area contributed by atoms with E-state index >= 15 is 0 Å². The Morgan fingerprint density at radius 2 is 2.23 bits per heavy atom. The zero-order valence-electron chi connectivity index (χ0n) is 12.4. The Labute approximate surface area is 128 Å². The van der Waals surface area contributed by atoms with Gasteiger partial charge in [0, 0.05) is 19.9 Å². The van der Waals surface area contributed by atoms with Crippen molar-refractivity contribution in [3.05, 3.63) is 36.4 Å². The maximum Gasteiger partial charge on any atom is 0.220 e. The van der Waals surface area contributed by atoms with Gasteiger partial charge in [0.1, 0.15) is 24.9 Å². The molecule has 0 saturated carbocycles. The van der Waals surface area contributed by atoms with Gasteiger partial charge in [0.25, 0.3) is 0 Å². The minimum atomic E-state index is -0.173. The number of nitrogens with zero attached hydrogens (tertiary/aromatic N) is 3. The highest BCUT2D eigenvalue weighted by Crippen LogP contribution is 2.30. The van der Waals surface area contributed by atoms with Gasteiger partial charge >= 0.3 is 0 Å². The lowest BCUT2D eigenvalue weighted by atomic mass is 10.2. The average molecular weight is 302 g/mol. The Kier molecular flexibility index (Phi) is 4.22. The highest BCUT2D eigenvalue weighted by atomic mass is 16.6. The summed E-state index contributed by atoms with van der Waals surface area (Å²) in [5.74, 6) is 2.21. The first-order valence-electron chi connectivity index (χ1n) is 7.20. The van der Waals surface area contributed by atoms with E-state index in [-0.39, 0.29) is 12.0 Å². The Morgan fingerprint density at radius 3 is 3.00 bits per heavy atom. The lowest BCUT2D eigenvalue weighted by Crippen LogP contribution is -2.40. The van der Waals surface area contributed by atoms with E-state index in [0.717, 1.165) is 11.6 Å². The third-order valence-electron chi connectivity index (χ3n) is 3.48. The number of aryl methyl sites for hydroxylation is 2. The third-order valence-corrected chi connectivity index (χ3v) is 3.48. The van der Waals surface area contributed by atoms with Crippen LogP contribution in [0.1, 0.15) is 12.2 Å². The van der Waals surface area contributed by atoms with E-state index in [1.165, 1.54) is 0 Å². The molecule has 3 rings (SSSR count). The molecule has 1 aliphatic rings. The van der Waals surface area contributed by atoms with Crippen LogP contribution in [0.5, 0.6) is 11.5 Å². The number of aromatic nitrogens is 3. The van der Waals surface area contributed by atoms with Crippen molar-refractivity contribution in [2.45, 2.75) is 18.9 Å². The number of carbonyl (C=O) groups is 1. The van der Waals surface area contributed by atoms with Gasteiger partial charge in [-0.25, -0.2) is 0 Å². The first-order valence-corrected chi connectivity index (χ1v) is 7.20.